The fraction of sp³-hybridized carbons (Fsp3) is 0.333. The van der Waals surface area contributed by atoms with Crippen LogP contribution >= 0.6 is 0 Å². The molecule has 0 amide bonds. The molecule has 206 valence electrons. The van der Waals surface area contributed by atoms with Crippen LogP contribution in [-0.4, -0.2) is 38.2 Å². The third kappa shape index (κ3) is 3.77. The lowest BCUT2D eigenvalue weighted by atomic mass is 9.73. The Labute approximate surface area is 237 Å². The number of hydrogen-bond acceptors (Lipinski definition) is 6. The number of piperidine rings is 1. The van der Waals surface area contributed by atoms with Crippen LogP contribution in [0.2, 0.25) is 0 Å². The SMILES string of the molecule is CC1(C)C=C(c2n[nH]c3nc(N4CCC5(CC4)Cc4ccccc4[C@H]5N)[nH]c(=O)c23)c2cc3ccccc3nc2C1. The van der Waals surface area contributed by atoms with E-state index >= 15 is 0 Å². The first kappa shape index (κ1) is 24.5. The van der Waals surface area contributed by atoms with E-state index in [4.69, 9.17) is 15.7 Å². The monoisotopic (exact) mass is 543 g/mol. The third-order valence-corrected chi connectivity index (χ3v) is 9.57. The highest BCUT2D eigenvalue weighted by molar-refractivity contribution is 5.96. The number of fused-ring (bicyclic) bond motifs is 4. The predicted molar refractivity (Wildman–Crippen MR) is 162 cm³/mol. The Morgan fingerprint density at radius 2 is 1.78 bits per heavy atom. The molecule has 1 aliphatic heterocycles. The summed E-state index contributed by atoms with van der Waals surface area (Å²) in [6, 6.07) is 18.9. The van der Waals surface area contributed by atoms with E-state index < -0.39 is 0 Å². The molecule has 1 spiro atoms. The zero-order chi connectivity index (χ0) is 27.9. The highest BCUT2D eigenvalue weighted by atomic mass is 16.1. The van der Waals surface area contributed by atoms with Gasteiger partial charge >= 0.3 is 0 Å². The maximum absolute atomic E-state index is 13.7. The number of anilines is 1. The normalized spacial score (nSPS) is 20.8. The summed E-state index contributed by atoms with van der Waals surface area (Å²) in [5, 5.41) is 9.30. The van der Waals surface area contributed by atoms with Gasteiger partial charge in [-0.05, 0) is 59.8 Å². The first-order valence-electron chi connectivity index (χ1n) is 14.5. The van der Waals surface area contributed by atoms with Crippen molar-refractivity contribution in [2.24, 2.45) is 16.6 Å². The van der Waals surface area contributed by atoms with Crippen molar-refractivity contribution in [2.75, 3.05) is 18.0 Å². The smallest absolute Gasteiger partial charge is 0.264 e. The van der Waals surface area contributed by atoms with E-state index in [-0.39, 0.29) is 22.4 Å². The van der Waals surface area contributed by atoms with Gasteiger partial charge in [-0.1, -0.05) is 62.4 Å². The molecule has 0 unspecified atom stereocenters. The van der Waals surface area contributed by atoms with Gasteiger partial charge in [0, 0.05) is 41.3 Å². The van der Waals surface area contributed by atoms with Crippen molar-refractivity contribution in [3.8, 4) is 0 Å². The summed E-state index contributed by atoms with van der Waals surface area (Å²) in [6.45, 7) is 5.98. The van der Waals surface area contributed by atoms with Crippen LogP contribution in [0.15, 0.2) is 65.5 Å². The number of para-hydroxylation sites is 1. The maximum Gasteiger partial charge on any atom is 0.264 e. The van der Waals surface area contributed by atoms with Crippen molar-refractivity contribution in [3.63, 3.8) is 0 Å². The first-order valence-corrected chi connectivity index (χ1v) is 14.5. The number of allylic oxidation sites excluding steroid dienone is 1. The summed E-state index contributed by atoms with van der Waals surface area (Å²) in [6.07, 6.45) is 5.98. The molecule has 0 saturated carbocycles. The molecule has 3 aromatic heterocycles. The fourth-order valence-corrected chi connectivity index (χ4v) is 7.41. The van der Waals surface area contributed by atoms with Crippen molar-refractivity contribution < 1.29 is 0 Å². The second kappa shape index (κ2) is 8.60. The highest BCUT2D eigenvalue weighted by Crippen LogP contribution is 2.51. The molecule has 41 heavy (non-hydrogen) atoms. The number of rotatable bonds is 2. The molecular formula is C33H33N7O. The molecule has 4 N–H and O–H groups in total. The largest absolute Gasteiger partial charge is 0.342 e. The van der Waals surface area contributed by atoms with Crippen LogP contribution in [0.4, 0.5) is 5.95 Å². The number of nitrogens with zero attached hydrogens (tertiary/aromatic N) is 4. The van der Waals surface area contributed by atoms with Crippen LogP contribution in [-0.2, 0) is 12.8 Å². The Kier molecular flexibility index (Phi) is 5.14. The summed E-state index contributed by atoms with van der Waals surface area (Å²) in [7, 11) is 0. The number of aromatic amines is 2. The van der Waals surface area contributed by atoms with E-state index in [0.717, 1.165) is 66.5 Å². The molecule has 0 bridgehead atoms. The van der Waals surface area contributed by atoms with E-state index in [0.29, 0.717) is 22.7 Å². The van der Waals surface area contributed by atoms with Gasteiger partial charge < -0.3 is 10.6 Å². The van der Waals surface area contributed by atoms with Gasteiger partial charge in [0.15, 0.2) is 5.65 Å². The number of hydrogen-bond donors (Lipinski definition) is 3. The molecule has 4 heterocycles. The van der Waals surface area contributed by atoms with E-state index in [9.17, 15) is 4.79 Å². The average molecular weight is 544 g/mol. The quantitative estimate of drug-likeness (QED) is 0.287. The minimum Gasteiger partial charge on any atom is -0.342 e. The van der Waals surface area contributed by atoms with Crippen LogP contribution < -0.4 is 16.2 Å². The van der Waals surface area contributed by atoms with Gasteiger partial charge in [-0.3, -0.25) is 19.9 Å². The lowest BCUT2D eigenvalue weighted by Crippen LogP contribution is -2.45. The molecule has 8 heteroatoms. The van der Waals surface area contributed by atoms with Crippen molar-refractivity contribution in [3.05, 3.63) is 99.1 Å². The van der Waals surface area contributed by atoms with Gasteiger partial charge in [0.2, 0.25) is 5.95 Å². The van der Waals surface area contributed by atoms with Crippen molar-refractivity contribution in [2.45, 2.75) is 45.6 Å². The molecule has 1 atom stereocenters. The molecule has 2 aliphatic carbocycles. The van der Waals surface area contributed by atoms with Gasteiger partial charge in [0.25, 0.3) is 5.56 Å². The van der Waals surface area contributed by atoms with Crippen LogP contribution in [0.25, 0.3) is 27.5 Å². The number of benzene rings is 2. The number of nitrogens with two attached hydrogens (primary N) is 1. The molecule has 0 radical (unpaired) electrons. The van der Waals surface area contributed by atoms with Gasteiger partial charge in [-0.15, -0.1) is 0 Å². The van der Waals surface area contributed by atoms with Gasteiger partial charge in [0.1, 0.15) is 11.1 Å². The first-order chi connectivity index (χ1) is 19.8. The summed E-state index contributed by atoms with van der Waals surface area (Å²) in [5.41, 5.74) is 14.3. The second-order valence-electron chi connectivity index (χ2n) is 12.8. The minimum atomic E-state index is -0.182. The van der Waals surface area contributed by atoms with Gasteiger partial charge in [-0.25, -0.2) is 0 Å². The van der Waals surface area contributed by atoms with Crippen molar-refractivity contribution in [1.82, 2.24) is 25.1 Å². The molecule has 8 rings (SSSR count). The zero-order valence-corrected chi connectivity index (χ0v) is 23.4. The molecule has 1 saturated heterocycles. The summed E-state index contributed by atoms with van der Waals surface area (Å²) in [5.74, 6) is 0.586. The number of aromatic nitrogens is 5. The van der Waals surface area contributed by atoms with Gasteiger partial charge in [-0.2, -0.15) is 10.1 Å². The Morgan fingerprint density at radius 3 is 2.61 bits per heavy atom. The third-order valence-electron chi connectivity index (χ3n) is 9.57. The zero-order valence-electron chi connectivity index (χ0n) is 23.4. The summed E-state index contributed by atoms with van der Waals surface area (Å²) in [4.78, 5) is 28.8. The van der Waals surface area contributed by atoms with Crippen LogP contribution in [0, 0.1) is 10.8 Å². The van der Waals surface area contributed by atoms with Gasteiger partial charge in [0.05, 0.1) is 5.52 Å². The lowest BCUT2D eigenvalue weighted by molar-refractivity contribution is 0.187. The lowest BCUT2D eigenvalue weighted by Gasteiger charge is -2.42. The van der Waals surface area contributed by atoms with E-state index in [1.54, 1.807) is 0 Å². The number of nitrogens with one attached hydrogen (secondary N) is 2. The van der Waals surface area contributed by atoms with E-state index in [1.807, 2.05) is 18.2 Å². The molecular weight excluding hydrogens is 510 g/mol. The topological polar surface area (TPSA) is 117 Å². The molecule has 1 fully saturated rings. The van der Waals surface area contributed by atoms with Crippen molar-refractivity contribution in [1.29, 1.82) is 0 Å². The highest BCUT2D eigenvalue weighted by Gasteiger charge is 2.46. The fourth-order valence-electron chi connectivity index (χ4n) is 7.41. The number of H-pyrrole nitrogens is 2. The Hall–Kier alpha value is -4.30. The Bertz CT molecular complexity index is 1940. The Morgan fingerprint density at radius 1 is 1.00 bits per heavy atom. The maximum atomic E-state index is 13.7. The average Bonchev–Trinajstić information content (AvgIpc) is 3.51. The van der Waals surface area contributed by atoms with Crippen LogP contribution in [0.1, 0.15) is 60.8 Å². The molecule has 5 aromatic rings. The van der Waals surface area contributed by atoms with Crippen LogP contribution in [0.5, 0.6) is 0 Å². The molecule has 8 nitrogen and oxygen atoms in total. The Balaban J connectivity index is 1.13. The summed E-state index contributed by atoms with van der Waals surface area (Å²) < 4.78 is 0. The van der Waals surface area contributed by atoms with Crippen molar-refractivity contribution >= 4 is 33.5 Å². The van der Waals surface area contributed by atoms with Crippen LogP contribution in [0.3, 0.4) is 0 Å². The van der Waals surface area contributed by atoms with E-state index in [2.05, 4.69) is 76.4 Å². The van der Waals surface area contributed by atoms with E-state index in [1.165, 1.54) is 11.1 Å². The molecule has 3 aliphatic rings. The standard InChI is InChI=1S/C33H33N7O/c1-32(2)17-23(22-15-19-7-4-6-10-24(19)35-25(22)18-32)27-26-29(39-38-27)36-31(37-30(26)41)40-13-11-33(12-14-40)16-20-8-3-5-9-21(20)28(33)34/h3-10,15,17,28H,11-14,16,18,34H2,1-2H3,(H2,36,37,38,39,41)/t28-/m1/s1. The molecule has 2 aromatic carbocycles. The minimum absolute atomic E-state index is 0.0491. The predicted octanol–water partition coefficient (Wildman–Crippen LogP) is 5.05. The second-order valence-corrected chi connectivity index (χ2v) is 12.8. The summed E-state index contributed by atoms with van der Waals surface area (Å²) >= 11 is 0. The number of pyridine rings is 1.